The predicted molar refractivity (Wildman–Crippen MR) is 113 cm³/mol. The molecule has 1 fully saturated rings. The minimum atomic E-state index is -4.99. The molecule has 11 heteroatoms. The van der Waals surface area contributed by atoms with E-state index < -0.39 is 12.1 Å². The Labute approximate surface area is 192 Å². The molecular formula is C22H19ClF3N5O2. The summed E-state index contributed by atoms with van der Waals surface area (Å²) in [6.45, 7) is 0.933. The van der Waals surface area contributed by atoms with E-state index in [-0.39, 0.29) is 24.8 Å². The van der Waals surface area contributed by atoms with Gasteiger partial charge < -0.3 is 14.3 Å². The van der Waals surface area contributed by atoms with Crippen LogP contribution in [0.2, 0.25) is 5.02 Å². The zero-order valence-electron chi connectivity index (χ0n) is 17.3. The molecule has 0 spiro atoms. The molecule has 0 atom stereocenters. The molecule has 7 nitrogen and oxygen atoms in total. The molecule has 3 aromatic rings. The first-order valence-corrected chi connectivity index (χ1v) is 10.8. The van der Waals surface area contributed by atoms with E-state index in [2.05, 4.69) is 20.0 Å². The normalized spacial score (nSPS) is 16.8. The lowest BCUT2D eigenvalue weighted by molar-refractivity contribution is -0.187. The Hall–Kier alpha value is -3.14. The van der Waals surface area contributed by atoms with Crippen molar-refractivity contribution in [3.63, 3.8) is 0 Å². The molecule has 1 aromatic carbocycles. The van der Waals surface area contributed by atoms with Crippen molar-refractivity contribution in [1.29, 1.82) is 0 Å². The molecule has 2 aliphatic rings. The van der Waals surface area contributed by atoms with Gasteiger partial charge in [0.25, 0.3) is 0 Å². The standard InChI is InChI=1S/C22H19ClF3N5O2/c23-15-1-2-16-14(9-15)11-31(21(32)22(24,25)26)12-17-19(16)20(29-33-17)13-3-7-30(8-4-13)18-10-27-5-6-28-18/h1-2,5-6,9-10,13H,3-4,7-8,11-12H2. The Morgan fingerprint density at radius 2 is 1.94 bits per heavy atom. The lowest BCUT2D eigenvalue weighted by Gasteiger charge is -2.32. The summed E-state index contributed by atoms with van der Waals surface area (Å²) in [5.74, 6) is -0.813. The third kappa shape index (κ3) is 4.15. The van der Waals surface area contributed by atoms with Crippen LogP contribution in [0.15, 0.2) is 41.3 Å². The second-order valence-corrected chi connectivity index (χ2v) is 8.59. The number of benzene rings is 1. The van der Waals surface area contributed by atoms with Gasteiger partial charge in [-0.1, -0.05) is 22.8 Å². The summed E-state index contributed by atoms with van der Waals surface area (Å²) < 4.78 is 45.1. The maximum absolute atomic E-state index is 13.2. The molecule has 0 radical (unpaired) electrons. The number of rotatable bonds is 2. The molecule has 2 aromatic heterocycles. The highest BCUT2D eigenvalue weighted by Crippen LogP contribution is 2.42. The molecule has 2 aliphatic heterocycles. The highest BCUT2D eigenvalue weighted by Gasteiger charge is 2.44. The van der Waals surface area contributed by atoms with Crippen molar-refractivity contribution < 1.29 is 22.5 Å². The Kier molecular flexibility index (Phi) is 5.48. The fraction of sp³-hybridized carbons (Fsp3) is 0.364. The van der Waals surface area contributed by atoms with Gasteiger partial charge in [-0.15, -0.1) is 0 Å². The first-order valence-electron chi connectivity index (χ1n) is 10.5. The molecular weight excluding hydrogens is 459 g/mol. The van der Waals surface area contributed by atoms with E-state index in [1.807, 2.05) is 0 Å². The molecule has 0 unspecified atom stereocenters. The summed E-state index contributed by atoms with van der Waals surface area (Å²) in [5, 5.41) is 4.65. The molecule has 33 heavy (non-hydrogen) atoms. The highest BCUT2D eigenvalue weighted by atomic mass is 35.5. The van der Waals surface area contributed by atoms with Gasteiger partial charge in [0, 0.05) is 43.0 Å². The van der Waals surface area contributed by atoms with Crippen LogP contribution in [0, 0.1) is 0 Å². The number of amides is 1. The van der Waals surface area contributed by atoms with Crippen molar-refractivity contribution in [2.75, 3.05) is 18.0 Å². The third-order valence-electron chi connectivity index (χ3n) is 6.11. The lowest BCUT2D eigenvalue weighted by Crippen LogP contribution is -2.39. The number of alkyl halides is 3. The molecule has 0 N–H and O–H groups in total. The van der Waals surface area contributed by atoms with Gasteiger partial charge >= 0.3 is 12.1 Å². The van der Waals surface area contributed by atoms with Gasteiger partial charge in [-0.05, 0) is 36.1 Å². The molecule has 0 aliphatic carbocycles. The number of piperidine rings is 1. The van der Waals surface area contributed by atoms with Crippen molar-refractivity contribution >= 4 is 23.3 Å². The number of nitrogens with zero attached hydrogens (tertiary/aromatic N) is 5. The Morgan fingerprint density at radius 1 is 1.15 bits per heavy atom. The summed E-state index contributed by atoms with van der Waals surface area (Å²) in [5.41, 5.74) is 2.59. The van der Waals surface area contributed by atoms with E-state index in [1.165, 1.54) is 0 Å². The largest absolute Gasteiger partial charge is 0.471 e. The molecule has 4 heterocycles. The smallest absolute Gasteiger partial charge is 0.359 e. The second-order valence-electron chi connectivity index (χ2n) is 8.15. The molecule has 1 amide bonds. The number of anilines is 1. The first-order chi connectivity index (χ1) is 15.8. The predicted octanol–water partition coefficient (Wildman–Crippen LogP) is 4.57. The van der Waals surface area contributed by atoms with Gasteiger partial charge in [0.1, 0.15) is 5.82 Å². The van der Waals surface area contributed by atoms with E-state index >= 15 is 0 Å². The monoisotopic (exact) mass is 477 g/mol. The van der Waals surface area contributed by atoms with E-state index in [1.54, 1.807) is 36.8 Å². The van der Waals surface area contributed by atoms with Gasteiger partial charge in [0.05, 0.1) is 24.0 Å². The lowest BCUT2D eigenvalue weighted by atomic mass is 9.87. The van der Waals surface area contributed by atoms with Crippen LogP contribution in [0.1, 0.15) is 35.8 Å². The number of aromatic nitrogens is 3. The molecule has 0 bridgehead atoms. The van der Waals surface area contributed by atoms with Crippen LogP contribution in [0.25, 0.3) is 11.1 Å². The number of halogens is 4. The van der Waals surface area contributed by atoms with Crippen LogP contribution in [0.4, 0.5) is 19.0 Å². The van der Waals surface area contributed by atoms with Gasteiger partial charge in [-0.2, -0.15) is 13.2 Å². The van der Waals surface area contributed by atoms with Crippen LogP contribution in [0.5, 0.6) is 0 Å². The van der Waals surface area contributed by atoms with E-state index in [4.69, 9.17) is 16.1 Å². The van der Waals surface area contributed by atoms with Gasteiger partial charge in [-0.25, -0.2) is 4.98 Å². The summed E-state index contributed by atoms with van der Waals surface area (Å²) in [4.78, 5) is 23.4. The molecule has 1 saturated heterocycles. The summed E-state index contributed by atoms with van der Waals surface area (Å²) in [6, 6.07) is 5.03. The van der Waals surface area contributed by atoms with Crippen molar-refractivity contribution in [2.24, 2.45) is 0 Å². The van der Waals surface area contributed by atoms with Crippen molar-refractivity contribution in [3.05, 3.63) is 58.8 Å². The quantitative estimate of drug-likeness (QED) is 0.538. The fourth-order valence-corrected chi connectivity index (χ4v) is 4.74. The van der Waals surface area contributed by atoms with E-state index in [0.717, 1.165) is 36.6 Å². The maximum atomic E-state index is 13.2. The Morgan fingerprint density at radius 3 is 2.64 bits per heavy atom. The van der Waals surface area contributed by atoms with Crippen LogP contribution in [0.3, 0.4) is 0 Å². The van der Waals surface area contributed by atoms with Gasteiger partial charge in [-0.3, -0.25) is 9.78 Å². The van der Waals surface area contributed by atoms with Crippen LogP contribution < -0.4 is 4.90 Å². The van der Waals surface area contributed by atoms with E-state index in [0.29, 0.717) is 27.4 Å². The first kappa shape index (κ1) is 21.7. The molecule has 172 valence electrons. The minimum absolute atomic E-state index is 0.0545. The topological polar surface area (TPSA) is 75.4 Å². The number of carbonyl (C=O) groups is 1. The molecule has 5 rings (SSSR count). The summed E-state index contributed by atoms with van der Waals surface area (Å²) in [6.07, 6.45) is 1.54. The van der Waals surface area contributed by atoms with E-state index in [9.17, 15) is 18.0 Å². The number of carbonyl (C=O) groups excluding carboxylic acids is 1. The fourth-order valence-electron chi connectivity index (χ4n) is 4.54. The van der Waals surface area contributed by atoms with Crippen LogP contribution in [-0.4, -0.2) is 45.2 Å². The van der Waals surface area contributed by atoms with Crippen LogP contribution in [-0.2, 0) is 17.9 Å². The second kappa shape index (κ2) is 8.33. The zero-order valence-corrected chi connectivity index (χ0v) is 18.1. The van der Waals surface area contributed by atoms with Gasteiger partial charge in [0.15, 0.2) is 5.76 Å². The van der Waals surface area contributed by atoms with Crippen molar-refractivity contribution in [1.82, 2.24) is 20.0 Å². The Bertz CT molecular complexity index is 1180. The Balaban J connectivity index is 1.47. The average molecular weight is 478 g/mol. The third-order valence-corrected chi connectivity index (χ3v) is 6.34. The number of fused-ring (bicyclic) bond motifs is 3. The number of hydrogen-bond donors (Lipinski definition) is 0. The van der Waals surface area contributed by atoms with Gasteiger partial charge in [0.2, 0.25) is 0 Å². The van der Waals surface area contributed by atoms with Crippen molar-refractivity contribution in [2.45, 2.75) is 38.0 Å². The SMILES string of the molecule is O=C(N1Cc2cc(Cl)ccc2-c2c(C3CCN(c4cnccn4)CC3)noc2C1)C(F)(F)F. The van der Waals surface area contributed by atoms with Crippen LogP contribution >= 0.6 is 11.6 Å². The number of hydrogen-bond acceptors (Lipinski definition) is 6. The zero-order chi connectivity index (χ0) is 23.2. The molecule has 0 saturated carbocycles. The average Bonchev–Trinajstić information content (AvgIpc) is 3.14. The van der Waals surface area contributed by atoms with Crippen molar-refractivity contribution in [3.8, 4) is 11.1 Å². The summed E-state index contributed by atoms with van der Waals surface area (Å²) >= 11 is 6.13. The maximum Gasteiger partial charge on any atom is 0.471 e. The highest BCUT2D eigenvalue weighted by molar-refractivity contribution is 6.30. The summed E-state index contributed by atoms with van der Waals surface area (Å²) in [7, 11) is 0. The minimum Gasteiger partial charge on any atom is -0.359 e.